The Morgan fingerprint density at radius 2 is 1.88 bits per heavy atom. The molecule has 1 unspecified atom stereocenters. The van der Waals surface area contributed by atoms with Gasteiger partial charge in [-0.25, -0.2) is 9.50 Å². The Labute approximate surface area is 194 Å². The van der Waals surface area contributed by atoms with E-state index in [2.05, 4.69) is 25.8 Å². The van der Waals surface area contributed by atoms with Crippen molar-refractivity contribution in [3.05, 3.63) is 47.7 Å². The van der Waals surface area contributed by atoms with E-state index in [0.717, 1.165) is 0 Å². The Kier molecular flexibility index (Phi) is 7.57. The van der Waals surface area contributed by atoms with E-state index in [1.807, 2.05) is 27.7 Å². The van der Waals surface area contributed by atoms with Crippen LogP contribution in [0, 0.1) is 5.92 Å². The number of aromatic nitrogens is 5. The van der Waals surface area contributed by atoms with Crippen LogP contribution in [0.5, 0.6) is 0 Å². The predicted molar refractivity (Wildman–Crippen MR) is 118 cm³/mol. The lowest BCUT2D eigenvalue weighted by atomic mass is 9.97. The largest absolute Gasteiger partial charge is 0.389 e. The van der Waals surface area contributed by atoms with Crippen molar-refractivity contribution in [1.82, 2.24) is 35.0 Å². The molecule has 0 radical (unpaired) electrons. The van der Waals surface area contributed by atoms with Crippen molar-refractivity contribution in [3.63, 3.8) is 0 Å². The standard InChI is InChI=1S/C22H28F3N7O2/c1-13(2)20(30-19(33)5-7-22(23,24)25)15-9-18-29-16(12-31(18)28-10-15)11-26-21(34)17-6-8-27-32(17)14(3)4/h6,8-10,12-14,20H,5,7,11H2,1-4H3,(H,26,34)(H,30,33). The van der Waals surface area contributed by atoms with Crippen LogP contribution in [0.25, 0.3) is 5.65 Å². The quantitative estimate of drug-likeness (QED) is 0.488. The molecule has 3 aromatic rings. The first-order chi connectivity index (χ1) is 15.9. The summed E-state index contributed by atoms with van der Waals surface area (Å²) in [5.41, 5.74) is 2.14. The zero-order valence-corrected chi connectivity index (χ0v) is 19.4. The van der Waals surface area contributed by atoms with Gasteiger partial charge in [-0.2, -0.15) is 23.4 Å². The zero-order valence-electron chi connectivity index (χ0n) is 19.4. The summed E-state index contributed by atoms with van der Waals surface area (Å²) in [7, 11) is 0. The highest BCUT2D eigenvalue weighted by molar-refractivity contribution is 5.92. The van der Waals surface area contributed by atoms with Crippen LogP contribution in [-0.4, -0.2) is 42.4 Å². The van der Waals surface area contributed by atoms with Crippen molar-refractivity contribution in [1.29, 1.82) is 0 Å². The molecule has 9 nitrogen and oxygen atoms in total. The highest BCUT2D eigenvalue weighted by Gasteiger charge is 2.29. The number of rotatable bonds is 9. The molecule has 0 fully saturated rings. The molecule has 0 aliphatic rings. The lowest BCUT2D eigenvalue weighted by Gasteiger charge is -2.22. The second-order valence-electron chi connectivity index (χ2n) is 8.67. The monoisotopic (exact) mass is 479 g/mol. The topological polar surface area (TPSA) is 106 Å². The lowest BCUT2D eigenvalue weighted by Crippen LogP contribution is -2.32. The fraction of sp³-hybridized carbons (Fsp3) is 0.500. The fourth-order valence-corrected chi connectivity index (χ4v) is 3.50. The van der Waals surface area contributed by atoms with Crippen molar-refractivity contribution in [2.24, 2.45) is 5.92 Å². The van der Waals surface area contributed by atoms with Gasteiger partial charge in [-0.05, 0) is 37.5 Å². The smallest absolute Gasteiger partial charge is 0.349 e. The van der Waals surface area contributed by atoms with E-state index < -0.39 is 31.0 Å². The van der Waals surface area contributed by atoms with E-state index >= 15 is 0 Å². The molecule has 3 rings (SSSR count). The van der Waals surface area contributed by atoms with Crippen LogP contribution in [0.1, 0.15) is 74.4 Å². The van der Waals surface area contributed by atoms with E-state index in [9.17, 15) is 22.8 Å². The number of carbonyl (C=O) groups excluding carboxylic acids is 2. The van der Waals surface area contributed by atoms with Crippen molar-refractivity contribution >= 4 is 17.5 Å². The summed E-state index contributed by atoms with van der Waals surface area (Å²) in [5, 5.41) is 13.9. The number of nitrogens with zero attached hydrogens (tertiary/aromatic N) is 5. The van der Waals surface area contributed by atoms with Crippen LogP contribution >= 0.6 is 0 Å². The molecule has 0 saturated heterocycles. The number of amides is 2. The molecule has 0 aliphatic carbocycles. The first-order valence-electron chi connectivity index (χ1n) is 11.0. The van der Waals surface area contributed by atoms with Crippen molar-refractivity contribution in [3.8, 4) is 0 Å². The maximum Gasteiger partial charge on any atom is 0.389 e. The Hall–Kier alpha value is -3.44. The molecule has 0 aliphatic heterocycles. The van der Waals surface area contributed by atoms with Gasteiger partial charge < -0.3 is 10.6 Å². The number of halogens is 3. The Bertz CT molecular complexity index is 1150. The average Bonchev–Trinajstić information content (AvgIpc) is 3.40. The third-order valence-corrected chi connectivity index (χ3v) is 5.19. The van der Waals surface area contributed by atoms with Gasteiger partial charge in [-0.15, -0.1) is 0 Å². The number of alkyl halides is 3. The number of hydrogen-bond acceptors (Lipinski definition) is 5. The molecule has 0 saturated carbocycles. The molecule has 3 aromatic heterocycles. The Balaban J connectivity index is 1.70. The minimum absolute atomic E-state index is 0.0384. The summed E-state index contributed by atoms with van der Waals surface area (Å²) >= 11 is 0. The van der Waals surface area contributed by atoms with Crippen LogP contribution in [0.3, 0.4) is 0 Å². The second kappa shape index (κ2) is 10.2. The molecule has 184 valence electrons. The molecular formula is C22H28F3N7O2. The van der Waals surface area contributed by atoms with Crippen molar-refractivity contribution < 1.29 is 22.8 Å². The van der Waals surface area contributed by atoms with Gasteiger partial charge in [0.25, 0.3) is 5.91 Å². The van der Waals surface area contributed by atoms with E-state index in [1.165, 1.54) is 4.52 Å². The molecule has 0 bridgehead atoms. The molecular weight excluding hydrogens is 451 g/mol. The zero-order chi connectivity index (χ0) is 25.0. The third kappa shape index (κ3) is 6.33. The minimum atomic E-state index is -4.39. The summed E-state index contributed by atoms with van der Waals surface area (Å²) in [4.78, 5) is 29.1. The number of fused-ring (bicyclic) bond motifs is 1. The molecule has 12 heteroatoms. The minimum Gasteiger partial charge on any atom is -0.349 e. The maximum atomic E-state index is 12.5. The molecule has 0 aromatic carbocycles. The molecule has 34 heavy (non-hydrogen) atoms. The van der Waals surface area contributed by atoms with Crippen LogP contribution in [-0.2, 0) is 11.3 Å². The number of carbonyl (C=O) groups is 2. The van der Waals surface area contributed by atoms with Gasteiger partial charge >= 0.3 is 6.18 Å². The van der Waals surface area contributed by atoms with Crippen LogP contribution in [0.4, 0.5) is 13.2 Å². The van der Waals surface area contributed by atoms with Gasteiger partial charge in [0, 0.05) is 18.7 Å². The van der Waals surface area contributed by atoms with E-state index in [1.54, 1.807) is 35.4 Å². The van der Waals surface area contributed by atoms with E-state index in [0.29, 0.717) is 22.6 Å². The van der Waals surface area contributed by atoms with Crippen LogP contribution in [0.2, 0.25) is 0 Å². The maximum absolute atomic E-state index is 12.5. The predicted octanol–water partition coefficient (Wildman–Crippen LogP) is 3.59. The molecule has 2 N–H and O–H groups in total. The number of nitrogens with one attached hydrogen (secondary N) is 2. The van der Waals surface area contributed by atoms with Gasteiger partial charge in [0.1, 0.15) is 5.69 Å². The summed E-state index contributed by atoms with van der Waals surface area (Å²) in [6.45, 7) is 7.74. The van der Waals surface area contributed by atoms with Gasteiger partial charge in [0.05, 0.1) is 37.1 Å². The third-order valence-electron chi connectivity index (χ3n) is 5.19. The lowest BCUT2D eigenvalue weighted by molar-refractivity contribution is -0.144. The van der Waals surface area contributed by atoms with Gasteiger partial charge in [0.2, 0.25) is 5.91 Å². The second-order valence-corrected chi connectivity index (χ2v) is 8.67. The van der Waals surface area contributed by atoms with E-state index in [4.69, 9.17) is 0 Å². The van der Waals surface area contributed by atoms with Crippen molar-refractivity contribution in [2.75, 3.05) is 0 Å². The molecule has 1 atom stereocenters. The first-order valence-corrected chi connectivity index (χ1v) is 11.0. The van der Waals surface area contributed by atoms with Gasteiger partial charge in [-0.3, -0.25) is 14.3 Å². The number of hydrogen-bond donors (Lipinski definition) is 2. The van der Waals surface area contributed by atoms with E-state index in [-0.39, 0.29) is 24.4 Å². The van der Waals surface area contributed by atoms with Gasteiger partial charge in [0.15, 0.2) is 5.65 Å². The fourth-order valence-electron chi connectivity index (χ4n) is 3.50. The van der Waals surface area contributed by atoms with Crippen molar-refractivity contribution in [2.45, 2.75) is 65.3 Å². The van der Waals surface area contributed by atoms with Crippen LogP contribution < -0.4 is 10.6 Å². The molecule has 3 heterocycles. The molecule has 2 amide bonds. The average molecular weight is 480 g/mol. The number of imidazole rings is 1. The highest BCUT2D eigenvalue weighted by atomic mass is 19.4. The normalized spacial score (nSPS) is 13.0. The summed E-state index contributed by atoms with van der Waals surface area (Å²) < 4.78 is 40.4. The van der Waals surface area contributed by atoms with Gasteiger partial charge in [-0.1, -0.05) is 13.8 Å². The summed E-state index contributed by atoms with van der Waals surface area (Å²) in [6, 6.07) is 2.88. The molecule has 0 spiro atoms. The Morgan fingerprint density at radius 3 is 2.53 bits per heavy atom. The highest BCUT2D eigenvalue weighted by Crippen LogP contribution is 2.24. The van der Waals surface area contributed by atoms with Crippen LogP contribution in [0.15, 0.2) is 30.7 Å². The Morgan fingerprint density at radius 1 is 1.15 bits per heavy atom. The first kappa shape index (κ1) is 25.2. The summed E-state index contributed by atoms with van der Waals surface area (Å²) in [5.74, 6) is -1.04. The summed E-state index contributed by atoms with van der Waals surface area (Å²) in [6.07, 6.45) is -1.41. The SMILES string of the molecule is CC(C)C(NC(=O)CCC(F)(F)F)c1cnn2cc(CNC(=O)c3ccnn3C(C)C)nc2c1.